The predicted octanol–water partition coefficient (Wildman–Crippen LogP) is 2.50. The van der Waals surface area contributed by atoms with Crippen LogP contribution < -0.4 is 11.1 Å². The molecule has 0 saturated carbocycles. The molecule has 1 aromatic carbocycles. The molecular formula is C16H19N3O2S. The van der Waals surface area contributed by atoms with Crippen LogP contribution >= 0.6 is 11.3 Å². The Hall–Kier alpha value is -1.76. The summed E-state index contributed by atoms with van der Waals surface area (Å²) in [5.41, 5.74) is 7.16. The first kappa shape index (κ1) is 15.1. The number of hydrogen-bond acceptors (Lipinski definition) is 5. The quantitative estimate of drug-likeness (QED) is 0.908. The predicted molar refractivity (Wildman–Crippen MR) is 87.7 cm³/mol. The summed E-state index contributed by atoms with van der Waals surface area (Å²) < 4.78 is 5.30. The van der Waals surface area contributed by atoms with Gasteiger partial charge in [0.25, 0.3) is 0 Å². The number of ether oxygens (including phenoxy) is 1. The summed E-state index contributed by atoms with van der Waals surface area (Å²) >= 11 is 1.46. The Bertz CT molecular complexity index is 623. The molecule has 1 fully saturated rings. The van der Waals surface area contributed by atoms with E-state index < -0.39 is 6.04 Å². The van der Waals surface area contributed by atoms with Crippen LogP contribution in [0.25, 0.3) is 10.4 Å². The van der Waals surface area contributed by atoms with Crippen molar-refractivity contribution >= 4 is 22.4 Å². The Balaban J connectivity index is 1.63. The lowest BCUT2D eigenvalue weighted by Crippen LogP contribution is -2.43. The highest BCUT2D eigenvalue weighted by Crippen LogP contribution is 2.29. The van der Waals surface area contributed by atoms with Gasteiger partial charge in [0.15, 0.2) is 5.13 Å². The van der Waals surface area contributed by atoms with E-state index in [1.165, 1.54) is 11.3 Å². The summed E-state index contributed by atoms with van der Waals surface area (Å²) in [4.78, 5) is 17.5. The smallest absolute Gasteiger partial charge is 0.243 e. The van der Waals surface area contributed by atoms with Crippen molar-refractivity contribution in [1.29, 1.82) is 0 Å². The molecule has 2 aromatic rings. The van der Waals surface area contributed by atoms with Crippen molar-refractivity contribution in [2.24, 2.45) is 11.7 Å². The van der Waals surface area contributed by atoms with Crippen molar-refractivity contribution in [2.75, 3.05) is 18.5 Å². The number of rotatable bonds is 4. The van der Waals surface area contributed by atoms with E-state index in [4.69, 9.17) is 10.5 Å². The van der Waals surface area contributed by atoms with Crippen molar-refractivity contribution in [2.45, 2.75) is 18.9 Å². The zero-order chi connectivity index (χ0) is 15.4. The first-order valence-corrected chi connectivity index (χ1v) is 8.21. The van der Waals surface area contributed by atoms with Crippen molar-refractivity contribution in [1.82, 2.24) is 4.98 Å². The van der Waals surface area contributed by atoms with Gasteiger partial charge >= 0.3 is 0 Å². The van der Waals surface area contributed by atoms with E-state index in [0.29, 0.717) is 18.3 Å². The van der Waals surface area contributed by atoms with E-state index in [2.05, 4.69) is 10.3 Å². The van der Waals surface area contributed by atoms with Crippen LogP contribution in [0, 0.1) is 5.92 Å². The molecule has 5 nitrogen and oxygen atoms in total. The molecular weight excluding hydrogens is 298 g/mol. The average Bonchev–Trinajstić information content (AvgIpc) is 3.04. The zero-order valence-corrected chi connectivity index (χ0v) is 13.0. The first-order valence-electron chi connectivity index (χ1n) is 7.39. The van der Waals surface area contributed by atoms with Crippen molar-refractivity contribution in [3.63, 3.8) is 0 Å². The fourth-order valence-electron chi connectivity index (χ4n) is 2.55. The lowest BCUT2D eigenvalue weighted by Gasteiger charge is -2.26. The Labute approximate surface area is 133 Å². The van der Waals surface area contributed by atoms with Gasteiger partial charge in [-0.05, 0) is 24.3 Å². The number of amides is 1. The maximum Gasteiger partial charge on any atom is 0.243 e. The van der Waals surface area contributed by atoms with E-state index in [0.717, 1.165) is 23.3 Å². The van der Waals surface area contributed by atoms with E-state index in [9.17, 15) is 4.79 Å². The van der Waals surface area contributed by atoms with Crippen LogP contribution in [0.15, 0.2) is 36.5 Å². The molecule has 22 heavy (non-hydrogen) atoms. The lowest BCUT2D eigenvalue weighted by atomic mass is 9.92. The molecule has 1 aliphatic heterocycles. The largest absolute Gasteiger partial charge is 0.381 e. The van der Waals surface area contributed by atoms with Gasteiger partial charge in [0.1, 0.15) is 0 Å². The summed E-state index contributed by atoms with van der Waals surface area (Å²) in [5.74, 6) is 0.0168. The molecule has 2 heterocycles. The summed E-state index contributed by atoms with van der Waals surface area (Å²) in [7, 11) is 0. The number of hydrogen-bond donors (Lipinski definition) is 2. The molecule has 3 N–H and O–H groups in total. The average molecular weight is 317 g/mol. The number of anilines is 1. The minimum absolute atomic E-state index is 0.166. The van der Waals surface area contributed by atoms with Crippen LogP contribution in [0.4, 0.5) is 5.13 Å². The molecule has 1 aliphatic rings. The molecule has 1 atom stereocenters. The second kappa shape index (κ2) is 7.00. The maximum atomic E-state index is 12.2. The van der Waals surface area contributed by atoms with Gasteiger partial charge in [0, 0.05) is 19.4 Å². The van der Waals surface area contributed by atoms with Gasteiger partial charge in [0.2, 0.25) is 5.91 Å². The van der Waals surface area contributed by atoms with Gasteiger partial charge in [0.05, 0.1) is 10.9 Å². The molecule has 0 spiro atoms. The standard InChI is InChI=1S/C16H19N3O2S/c17-14(12-6-8-21-9-7-12)15(20)19-16-18-10-13(22-16)11-4-2-1-3-5-11/h1-5,10,12,14H,6-9,17H2,(H,18,19,20). The van der Waals surface area contributed by atoms with Gasteiger partial charge in [-0.15, -0.1) is 0 Å². The number of aromatic nitrogens is 1. The first-order chi connectivity index (χ1) is 10.7. The highest BCUT2D eigenvalue weighted by Gasteiger charge is 2.27. The normalized spacial score (nSPS) is 17.1. The summed E-state index contributed by atoms with van der Waals surface area (Å²) in [5, 5.41) is 3.42. The lowest BCUT2D eigenvalue weighted by molar-refractivity contribution is -0.119. The molecule has 1 saturated heterocycles. The van der Waals surface area contributed by atoms with E-state index in [1.807, 2.05) is 30.3 Å². The number of nitrogens with two attached hydrogens (primary N) is 1. The van der Waals surface area contributed by atoms with E-state index in [-0.39, 0.29) is 11.8 Å². The highest BCUT2D eigenvalue weighted by atomic mass is 32.1. The summed E-state index contributed by atoms with van der Waals surface area (Å²) in [6, 6.07) is 9.47. The van der Waals surface area contributed by atoms with Crippen molar-refractivity contribution in [3.05, 3.63) is 36.5 Å². The fourth-order valence-corrected chi connectivity index (χ4v) is 3.37. The molecule has 1 aromatic heterocycles. The van der Waals surface area contributed by atoms with Gasteiger partial charge in [-0.1, -0.05) is 41.7 Å². The molecule has 0 radical (unpaired) electrons. The zero-order valence-electron chi connectivity index (χ0n) is 12.2. The minimum Gasteiger partial charge on any atom is -0.381 e. The van der Waals surface area contributed by atoms with Gasteiger partial charge < -0.3 is 15.8 Å². The molecule has 0 bridgehead atoms. The van der Waals surface area contributed by atoms with Gasteiger partial charge in [-0.3, -0.25) is 4.79 Å². The molecule has 1 amide bonds. The molecule has 6 heteroatoms. The third-order valence-corrected chi connectivity index (χ3v) is 4.83. The van der Waals surface area contributed by atoms with E-state index in [1.54, 1.807) is 6.20 Å². The van der Waals surface area contributed by atoms with Crippen molar-refractivity contribution in [3.8, 4) is 10.4 Å². The molecule has 116 valence electrons. The van der Waals surface area contributed by atoms with Crippen LogP contribution in [-0.2, 0) is 9.53 Å². The third-order valence-electron chi connectivity index (χ3n) is 3.87. The third kappa shape index (κ3) is 3.52. The Kier molecular flexibility index (Phi) is 4.82. The number of carbonyl (C=O) groups excluding carboxylic acids is 1. The Morgan fingerprint density at radius 1 is 1.32 bits per heavy atom. The van der Waals surface area contributed by atoms with E-state index >= 15 is 0 Å². The van der Waals surface area contributed by atoms with Crippen molar-refractivity contribution < 1.29 is 9.53 Å². The molecule has 1 unspecified atom stereocenters. The van der Waals surface area contributed by atoms with Gasteiger partial charge in [-0.2, -0.15) is 0 Å². The Morgan fingerprint density at radius 2 is 2.05 bits per heavy atom. The monoisotopic (exact) mass is 317 g/mol. The number of thiazole rings is 1. The van der Waals surface area contributed by atoms with Crippen LogP contribution in [-0.4, -0.2) is 30.1 Å². The number of benzene rings is 1. The van der Waals surface area contributed by atoms with Crippen LogP contribution in [0.2, 0.25) is 0 Å². The number of carbonyl (C=O) groups is 1. The SMILES string of the molecule is NC(C(=O)Nc1ncc(-c2ccccc2)s1)C1CCOCC1. The fraction of sp³-hybridized carbons (Fsp3) is 0.375. The van der Waals surface area contributed by atoms with Gasteiger partial charge in [-0.25, -0.2) is 4.98 Å². The second-order valence-corrected chi connectivity index (χ2v) is 6.39. The molecule has 3 rings (SSSR count). The minimum atomic E-state index is -0.507. The van der Waals surface area contributed by atoms with Crippen LogP contribution in [0.3, 0.4) is 0 Å². The van der Waals surface area contributed by atoms with Crippen LogP contribution in [0.5, 0.6) is 0 Å². The number of nitrogens with one attached hydrogen (secondary N) is 1. The number of nitrogens with zero attached hydrogens (tertiary/aromatic N) is 1. The second-order valence-electron chi connectivity index (χ2n) is 5.36. The molecule has 0 aliphatic carbocycles. The summed E-state index contributed by atoms with van der Waals surface area (Å²) in [6.45, 7) is 1.36. The van der Waals surface area contributed by atoms with Crippen LogP contribution in [0.1, 0.15) is 12.8 Å². The highest BCUT2D eigenvalue weighted by molar-refractivity contribution is 7.19. The topological polar surface area (TPSA) is 77.2 Å². The maximum absolute atomic E-state index is 12.2. The Morgan fingerprint density at radius 3 is 2.77 bits per heavy atom. The summed E-state index contributed by atoms with van der Waals surface area (Å²) in [6.07, 6.45) is 3.44.